The van der Waals surface area contributed by atoms with Gasteiger partial charge in [0.2, 0.25) is 5.78 Å². The second-order valence-electron chi connectivity index (χ2n) is 10.1. The van der Waals surface area contributed by atoms with Gasteiger partial charge in [-0.15, -0.1) is 0 Å². The molecule has 4 aromatic rings. The van der Waals surface area contributed by atoms with Crippen molar-refractivity contribution in [2.45, 2.75) is 56.1 Å². The largest absolute Gasteiger partial charge is 0.385 e. The van der Waals surface area contributed by atoms with Crippen LogP contribution in [0, 0.1) is 0 Å². The quantitative estimate of drug-likeness (QED) is 0.190. The zero-order chi connectivity index (χ0) is 22.9. The number of nitrogens with zero attached hydrogens (tertiary/aromatic N) is 1. The summed E-state index contributed by atoms with van der Waals surface area (Å²) in [6.07, 6.45) is 9.75. The molecule has 2 aromatic heterocycles. The first-order valence-corrected chi connectivity index (χ1v) is 12.8. The minimum absolute atomic E-state index is 0.0659. The molecular weight excluding hydrogens is 416 g/mol. The molecule has 1 unspecified atom stereocenters. The van der Waals surface area contributed by atoms with E-state index in [4.69, 9.17) is 0 Å². The number of hydrogen-bond acceptors (Lipinski definition) is 1. The summed E-state index contributed by atoms with van der Waals surface area (Å²) in [5.74, 6) is 1.51. The van der Waals surface area contributed by atoms with Gasteiger partial charge in [-0.25, -0.2) is 0 Å². The van der Waals surface area contributed by atoms with Gasteiger partial charge in [-0.1, -0.05) is 99.2 Å². The van der Waals surface area contributed by atoms with Crippen LogP contribution in [0.5, 0.6) is 0 Å². The van der Waals surface area contributed by atoms with E-state index in [1.165, 1.54) is 55.5 Å². The Bertz CT molecular complexity index is 1220. The van der Waals surface area contributed by atoms with Gasteiger partial charge in [0.05, 0.1) is 11.6 Å². The standard InChI is InChI=1S/C30H31BN2O/c34-30(23-12-5-2-6-13-23)28-20-19-27(33(28)31-24-14-7-15-25(31)17-8-16-24)29(26-18-9-21-32-26)22-10-3-1-4-11-22/h1-6,9-13,18-21,24-25,29,32H,7-8,14-17H2/i30+1. The minimum atomic E-state index is 0.0659. The summed E-state index contributed by atoms with van der Waals surface area (Å²) in [4.78, 5) is 17.3. The van der Waals surface area contributed by atoms with Gasteiger partial charge in [-0.3, -0.25) is 4.79 Å². The van der Waals surface area contributed by atoms with E-state index in [-0.39, 0.29) is 11.7 Å². The molecule has 2 aromatic carbocycles. The molecule has 2 bridgehead atoms. The molecule has 4 heterocycles. The SMILES string of the molecule is O=[13C](c1ccccc1)c1ccc(C(c2ccccc2)c2ccc[nH]2)n1B1C2CCCC1CCC2. The van der Waals surface area contributed by atoms with Gasteiger partial charge in [0.25, 0.3) is 6.85 Å². The summed E-state index contributed by atoms with van der Waals surface area (Å²) >= 11 is 0. The van der Waals surface area contributed by atoms with E-state index >= 15 is 0 Å². The Balaban J connectivity index is 1.55. The number of fused-ring (bicyclic) bond motifs is 2. The lowest BCUT2D eigenvalue weighted by Gasteiger charge is -2.42. The van der Waals surface area contributed by atoms with Crippen LogP contribution in [-0.2, 0) is 0 Å². The maximum Gasteiger partial charge on any atom is 0.266 e. The smallest absolute Gasteiger partial charge is 0.266 e. The van der Waals surface area contributed by atoms with E-state index in [1.807, 2.05) is 36.5 Å². The predicted octanol–water partition coefficient (Wildman–Crippen LogP) is 7.18. The highest BCUT2D eigenvalue weighted by Gasteiger charge is 2.44. The van der Waals surface area contributed by atoms with Crippen molar-refractivity contribution in [2.24, 2.45) is 0 Å². The fraction of sp³-hybridized carbons (Fsp3) is 0.300. The Labute approximate surface area is 202 Å². The normalized spacial score (nSPS) is 20.8. The van der Waals surface area contributed by atoms with Gasteiger partial charge in [0.1, 0.15) is 0 Å². The number of carbonyl (C=O) groups excluding carboxylic acids is 1. The molecule has 1 atom stereocenters. The molecule has 4 heteroatoms. The summed E-state index contributed by atoms with van der Waals surface area (Å²) in [6, 6.07) is 29.1. The molecule has 2 fully saturated rings. The summed E-state index contributed by atoms with van der Waals surface area (Å²) < 4.78 is 2.49. The van der Waals surface area contributed by atoms with Crippen LogP contribution in [0.3, 0.4) is 0 Å². The highest BCUT2D eigenvalue weighted by atomic mass is 16.2. The summed E-state index contributed by atoms with van der Waals surface area (Å²) in [5.41, 5.74) is 5.27. The van der Waals surface area contributed by atoms with E-state index < -0.39 is 0 Å². The van der Waals surface area contributed by atoms with Gasteiger partial charge in [-0.05, 0) is 41.5 Å². The predicted molar refractivity (Wildman–Crippen MR) is 139 cm³/mol. The van der Waals surface area contributed by atoms with Crippen molar-refractivity contribution >= 4 is 12.6 Å². The fourth-order valence-corrected chi connectivity index (χ4v) is 6.70. The number of aromatic amines is 1. The fourth-order valence-electron chi connectivity index (χ4n) is 6.70. The monoisotopic (exact) mass is 447 g/mol. The van der Waals surface area contributed by atoms with Crippen molar-refractivity contribution in [2.75, 3.05) is 0 Å². The van der Waals surface area contributed by atoms with Crippen LogP contribution >= 0.6 is 0 Å². The first-order chi connectivity index (χ1) is 16.8. The van der Waals surface area contributed by atoms with Crippen molar-refractivity contribution in [3.63, 3.8) is 0 Å². The average molecular weight is 447 g/mol. The van der Waals surface area contributed by atoms with Crippen LogP contribution in [0.1, 0.15) is 77.4 Å². The number of hydrogen-bond donors (Lipinski definition) is 1. The van der Waals surface area contributed by atoms with Crippen molar-refractivity contribution < 1.29 is 4.79 Å². The molecule has 34 heavy (non-hydrogen) atoms. The molecule has 0 aliphatic carbocycles. The zero-order valence-corrected chi connectivity index (χ0v) is 19.6. The third-order valence-corrected chi connectivity index (χ3v) is 8.14. The summed E-state index contributed by atoms with van der Waals surface area (Å²) in [6.45, 7) is 0.399. The average Bonchev–Trinajstić information content (AvgIpc) is 3.56. The lowest BCUT2D eigenvalue weighted by molar-refractivity contribution is 0.103. The van der Waals surface area contributed by atoms with Crippen LogP contribution in [0.15, 0.2) is 91.1 Å². The van der Waals surface area contributed by atoms with Crippen molar-refractivity contribution in [1.29, 1.82) is 0 Å². The number of ketones is 1. The number of rotatable bonds is 6. The molecule has 2 aliphatic rings. The van der Waals surface area contributed by atoms with E-state index in [2.05, 4.69) is 64.1 Å². The Morgan fingerprint density at radius 1 is 0.794 bits per heavy atom. The molecule has 0 spiro atoms. The van der Waals surface area contributed by atoms with Crippen LogP contribution < -0.4 is 0 Å². The first kappa shape index (κ1) is 21.3. The lowest BCUT2D eigenvalue weighted by Crippen LogP contribution is -2.43. The number of aromatic nitrogens is 2. The molecule has 2 saturated heterocycles. The highest BCUT2D eigenvalue weighted by molar-refractivity contribution is 6.61. The molecule has 0 saturated carbocycles. The summed E-state index contributed by atoms with van der Waals surface area (Å²) in [5, 5.41) is 0. The Morgan fingerprint density at radius 2 is 1.44 bits per heavy atom. The molecule has 0 radical (unpaired) electrons. The van der Waals surface area contributed by atoms with Crippen LogP contribution in [0.4, 0.5) is 0 Å². The van der Waals surface area contributed by atoms with Crippen molar-refractivity contribution in [3.8, 4) is 0 Å². The maximum atomic E-state index is 13.9. The minimum Gasteiger partial charge on any atom is -0.385 e. The second-order valence-corrected chi connectivity index (χ2v) is 10.1. The van der Waals surface area contributed by atoms with E-state index in [0.29, 0.717) is 18.5 Å². The number of benzene rings is 2. The Kier molecular flexibility index (Phi) is 5.74. The number of nitrogens with one attached hydrogen (secondary N) is 1. The van der Waals surface area contributed by atoms with Gasteiger partial charge in [0.15, 0.2) is 0 Å². The lowest BCUT2D eigenvalue weighted by atomic mass is 9.34. The van der Waals surface area contributed by atoms with E-state index in [0.717, 1.165) is 11.3 Å². The number of carbonyl (C=O) groups is 1. The molecule has 170 valence electrons. The molecule has 3 nitrogen and oxygen atoms in total. The van der Waals surface area contributed by atoms with Crippen LogP contribution in [0.2, 0.25) is 11.6 Å². The van der Waals surface area contributed by atoms with Gasteiger partial charge < -0.3 is 9.46 Å². The van der Waals surface area contributed by atoms with Gasteiger partial charge >= 0.3 is 0 Å². The highest BCUT2D eigenvalue weighted by Crippen LogP contribution is 2.48. The van der Waals surface area contributed by atoms with Gasteiger partial charge in [0, 0.05) is 23.1 Å². The first-order valence-electron chi connectivity index (χ1n) is 12.8. The van der Waals surface area contributed by atoms with E-state index in [9.17, 15) is 4.79 Å². The Hall–Kier alpha value is -3.27. The van der Waals surface area contributed by atoms with Crippen molar-refractivity contribution in [1.82, 2.24) is 9.46 Å². The third-order valence-electron chi connectivity index (χ3n) is 8.14. The third kappa shape index (κ3) is 3.75. The zero-order valence-electron chi connectivity index (χ0n) is 19.6. The van der Waals surface area contributed by atoms with Gasteiger partial charge in [-0.2, -0.15) is 0 Å². The topological polar surface area (TPSA) is 37.8 Å². The summed E-state index contributed by atoms with van der Waals surface area (Å²) in [7, 11) is 0. The van der Waals surface area contributed by atoms with E-state index in [1.54, 1.807) is 0 Å². The molecule has 0 amide bonds. The molecule has 2 aliphatic heterocycles. The maximum absolute atomic E-state index is 13.9. The second kappa shape index (κ2) is 9.17. The molecule has 6 rings (SSSR count). The molecular formula is C30H31BN2O. The van der Waals surface area contributed by atoms with Crippen molar-refractivity contribution in [3.05, 3.63) is 119 Å². The number of H-pyrrole nitrogens is 1. The van der Waals surface area contributed by atoms with Crippen LogP contribution in [-0.4, -0.2) is 22.1 Å². The van der Waals surface area contributed by atoms with Crippen LogP contribution in [0.25, 0.3) is 0 Å². The Morgan fingerprint density at radius 3 is 2.06 bits per heavy atom. The molecule has 1 N–H and O–H groups in total.